The van der Waals surface area contributed by atoms with Crippen LogP contribution in [0.1, 0.15) is 23.9 Å². The van der Waals surface area contributed by atoms with Crippen molar-refractivity contribution in [2.75, 3.05) is 25.5 Å². The van der Waals surface area contributed by atoms with Gasteiger partial charge in [-0.2, -0.15) is 4.98 Å². The van der Waals surface area contributed by atoms with Gasteiger partial charge in [0.15, 0.2) is 5.82 Å². The van der Waals surface area contributed by atoms with Crippen molar-refractivity contribution in [2.45, 2.75) is 18.9 Å². The van der Waals surface area contributed by atoms with E-state index in [4.69, 9.17) is 8.94 Å². The maximum absolute atomic E-state index is 12.3. The number of hydrogen-bond acceptors (Lipinski definition) is 6. The van der Waals surface area contributed by atoms with Crippen molar-refractivity contribution in [3.8, 4) is 11.5 Å². The van der Waals surface area contributed by atoms with Crippen LogP contribution in [0.15, 0.2) is 51.6 Å². The molecule has 1 atom stereocenters. The largest absolute Gasteiger partial charge is 0.467 e. The van der Waals surface area contributed by atoms with Crippen molar-refractivity contribution in [2.24, 2.45) is 0 Å². The molecule has 0 radical (unpaired) electrons. The summed E-state index contributed by atoms with van der Waals surface area (Å²) in [4.78, 5) is 20.6. The van der Waals surface area contributed by atoms with Crippen LogP contribution in [-0.2, 0) is 11.3 Å². The summed E-state index contributed by atoms with van der Waals surface area (Å²) in [6.45, 7) is 1.04. The average molecular weight is 352 g/mol. The van der Waals surface area contributed by atoms with Crippen molar-refractivity contribution in [3.05, 3.63) is 54.2 Å². The Balaban J connectivity index is 1.50. The quantitative estimate of drug-likeness (QED) is 0.703. The number of nitrogens with zero attached hydrogens (tertiary/aromatic N) is 4. The number of aromatic nitrogens is 2. The first-order chi connectivity index (χ1) is 12.6. The summed E-state index contributed by atoms with van der Waals surface area (Å²) in [5.74, 6) is 1.83. The van der Waals surface area contributed by atoms with Crippen LogP contribution in [0.25, 0.3) is 11.5 Å². The van der Waals surface area contributed by atoms with Crippen LogP contribution in [0, 0.1) is 0 Å². The van der Waals surface area contributed by atoms with Crippen LogP contribution in [-0.4, -0.2) is 41.6 Å². The van der Waals surface area contributed by atoms with Crippen LogP contribution in [0.2, 0.25) is 0 Å². The Hall–Kier alpha value is -3.09. The van der Waals surface area contributed by atoms with Gasteiger partial charge in [0.2, 0.25) is 5.91 Å². The van der Waals surface area contributed by atoms with E-state index in [-0.39, 0.29) is 11.8 Å². The molecular weight excluding hydrogens is 332 g/mol. The van der Waals surface area contributed by atoms with Crippen LogP contribution in [0.5, 0.6) is 0 Å². The van der Waals surface area contributed by atoms with Crippen LogP contribution < -0.4 is 4.90 Å². The number of anilines is 1. The second kappa shape index (κ2) is 6.67. The van der Waals surface area contributed by atoms with Gasteiger partial charge in [-0.15, -0.1) is 0 Å². The van der Waals surface area contributed by atoms with Gasteiger partial charge in [-0.1, -0.05) is 11.2 Å². The predicted octanol–water partition coefficient (Wildman–Crippen LogP) is 2.91. The van der Waals surface area contributed by atoms with Crippen LogP contribution in [0.3, 0.4) is 0 Å². The highest BCUT2D eigenvalue weighted by atomic mass is 16.5. The maximum Gasteiger partial charge on any atom is 0.258 e. The van der Waals surface area contributed by atoms with Gasteiger partial charge in [0.1, 0.15) is 5.76 Å². The Bertz CT molecular complexity index is 901. The third kappa shape index (κ3) is 3.20. The summed E-state index contributed by atoms with van der Waals surface area (Å²) in [6, 6.07) is 11.6. The van der Waals surface area contributed by atoms with E-state index in [0.29, 0.717) is 31.2 Å². The molecule has 2 aromatic heterocycles. The fourth-order valence-corrected chi connectivity index (χ4v) is 3.12. The van der Waals surface area contributed by atoms with Gasteiger partial charge in [0.25, 0.3) is 5.89 Å². The number of hydrogen-bond donors (Lipinski definition) is 0. The van der Waals surface area contributed by atoms with Gasteiger partial charge in [0, 0.05) is 44.2 Å². The monoisotopic (exact) mass is 352 g/mol. The minimum absolute atomic E-state index is 0.0630. The molecule has 1 aromatic carbocycles. The highest BCUT2D eigenvalue weighted by Crippen LogP contribution is 2.30. The molecule has 0 saturated carbocycles. The van der Waals surface area contributed by atoms with E-state index in [1.54, 1.807) is 11.2 Å². The Morgan fingerprint density at radius 1 is 1.27 bits per heavy atom. The molecule has 134 valence electrons. The lowest BCUT2D eigenvalue weighted by atomic mass is 10.1. The molecule has 4 rings (SSSR count). The van der Waals surface area contributed by atoms with Crippen LogP contribution in [0.4, 0.5) is 5.69 Å². The molecule has 0 spiro atoms. The summed E-state index contributed by atoms with van der Waals surface area (Å²) in [5, 5.41) is 4.11. The van der Waals surface area contributed by atoms with E-state index in [2.05, 4.69) is 10.1 Å². The molecule has 0 aliphatic carbocycles. The highest BCUT2D eigenvalue weighted by Gasteiger charge is 2.34. The molecule has 1 saturated heterocycles. The van der Waals surface area contributed by atoms with Crippen molar-refractivity contribution in [1.82, 2.24) is 15.0 Å². The fraction of sp³-hybridized carbons (Fsp3) is 0.316. The zero-order valence-corrected chi connectivity index (χ0v) is 14.8. The van der Waals surface area contributed by atoms with Crippen LogP contribution >= 0.6 is 0 Å². The van der Waals surface area contributed by atoms with Gasteiger partial charge in [0.05, 0.1) is 12.8 Å². The molecule has 1 unspecified atom stereocenters. The molecular formula is C19H20N4O3. The summed E-state index contributed by atoms with van der Waals surface area (Å²) in [5.41, 5.74) is 1.93. The van der Waals surface area contributed by atoms with Gasteiger partial charge in [-0.25, -0.2) is 0 Å². The Kier molecular flexibility index (Phi) is 4.20. The van der Waals surface area contributed by atoms with Gasteiger partial charge < -0.3 is 18.7 Å². The van der Waals surface area contributed by atoms with E-state index in [0.717, 1.165) is 17.0 Å². The summed E-state index contributed by atoms with van der Waals surface area (Å²) in [7, 11) is 3.96. The SMILES string of the molecule is CN(C)c1cccc(-c2nc(C3CC(=O)N(Cc4ccco4)C3)no2)c1. The predicted molar refractivity (Wildman–Crippen MR) is 95.5 cm³/mol. The first-order valence-corrected chi connectivity index (χ1v) is 8.51. The topological polar surface area (TPSA) is 75.6 Å². The molecule has 7 heteroatoms. The Labute approximate surface area is 151 Å². The summed E-state index contributed by atoms with van der Waals surface area (Å²) in [6.07, 6.45) is 2.00. The first-order valence-electron chi connectivity index (χ1n) is 8.51. The zero-order chi connectivity index (χ0) is 18.1. The number of carbonyl (C=O) groups excluding carboxylic acids is 1. The van der Waals surface area contributed by atoms with E-state index in [1.807, 2.05) is 55.4 Å². The second-order valence-corrected chi connectivity index (χ2v) is 6.66. The number of carbonyl (C=O) groups is 1. The molecule has 3 heterocycles. The lowest BCUT2D eigenvalue weighted by molar-refractivity contribution is -0.128. The molecule has 1 aliphatic heterocycles. The van der Waals surface area contributed by atoms with Gasteiger partial charge in [-0.3, -0.25) is 4.79 Å². The second-order valence-electron chi connectivity index (χ2n) is 6.66. The number of likely N-dealkylation sites (tertiary alicyclic amines) is 1. The summed E-state index contributed by atoms with van der Waals surface area (Å²) >= 11 is 0. The third-order valence-electron chi connectivity index (χ3n) is 4.56. The lowest BCUT2D eigenvalue weighted by Gasteiger charge is -2.13. The lowest BCUT2D eigenvalue weighted by Crippen LogP contribution is -2.24. The smallest absolute Gasteiger partial charge is 0.258 e. The molecule has 1 fully saturated rings. The highest BCUT2D eigenvalue weighted by molar-refractivity contribution is 5.79. The minimum atomic E-state index is -0.0630. The molecule has 7 nitrogen and oxygen atoms in total. The zero-order valence-electron chi connectivity index (χ0n) is 14.8. The Morgan fingerprint density at radius 2 is 2.15 bits per heavy atom. The first kappa shape index (κ1) is 16.4. The van der Waals surface area contributed by atoms with E-state index in [9.17, 15) is 4.79 Å². The number of furan rings is 1. The third-order valence-corrected chi connectivity index (χ3v) is 4.56. The maximum atomic E-state index is 12.3. The number of benzene rings is 1. The van der Waals surface area contributed by atoms with Gasteiger partial charge in [-0.05, 0) is 30.3 Å². The number of amides is 1. The van der Waals surface area contributed by atoms with Crippen molar-refractivity contribution < 1.29 is 13.7 Å². The van der Waals surface area contributed by atoms with E-state index < -0.39 is 0 Å². The normalized spacial score (nSPS) is 17.1. The summed E-state index contributed by atoms with van der Waals surface area (Å²) < 4.78 is 10.8. The van der Waals surface area contributed by atoms with Crippen molar-refractivity contribution in [1.29, 1.82) is 0 Å². The Morgan fingerprint density at radius 3 is 2.92 bits per heavy atom. The number of rotatable bonds is 5. The average Bonchev–Trinajstić information content (AvgIpc) is 3.37. The van der Waals surface area contributed by atoms with Crippen molar-refractivity contribution in [3.63, 3.8) is 0 Å². The standard InChI is InChI=1S/C19H20N4O3/c1-22(2)15-6-3-5-13(9-15)19-20-18(21-26-19)14-10-17(24)23(11-14)12-16-7-4-8-25-16/h3-9,14H,10-12H2,1-2H3. The van der Waals surface area contributed by atoms with Crippen molar-refractivity contribution >= 4 is 11.6 Å². The molecule has 0 bridgehead atoms. The van der Waals surface area contributed by atoms with E-state index >= 15 is 0 Å². The molecule has 0 N–H and O–H groups in total. The minimum Gasteiger partial charge on any atom is -0.467 e. The fourth-order valence-electron chi connectivity index (χ4n) is 3.12. The van der Waals surface area contributed by atoms with E-state index in [1.165, 1.54) is 0 Å². The molecule has 1 amide bonds. The van der Waals surface area contributed by atoms with Gasteiger partial charge >= 0.3 is 0 Å². The molecule has 1 aliphatic rings. The molecule has 26 heavy (non-hydrogen) atoms. The molecule has 3 aromatic rings.